The molecule has 0 bridgehead atoms. The first-order valence-electron chi connectivity index (χ1n) is 8.00. The molecule has 0 aliphatic rings. The second kappa shape index (κ2) is 8.70. The number of carboxylic acids is 1. The van der Waals surface area contributed by atoms with E-state index in [0.717, 1.165) is 0 Å². The summed E-state index contributed by atoms with van der Waals surface area (Å²) >= 11 is 0. The molecule has 0 spiro atoms. The van der Waals surface area contributed by atoms with Gasteiger partial charge in [-0.1, -0.05) is 29.4 Å². The molecule has 0 fully saturated rings. The van der Waals surface area contributed by atoms with E-state index in [-0.39, 0.29) is 23.6 Å². The fraction of sp³-hybridized carbons (Fsp3) is 0.211. The van der Waals surface area contributed by atoms with Crippen LogP contribution in [-0.4, -0.2) is 42.0 Å². The summed E-state index contributed by atoms with van der Waals surface area (Å²) < 4.78 is 5.75. The summed E-state index contributed by atoms with van der Waals surface area (Å²) in [6, 6.07) is 9.59. The number of carbonyl (C=O) groups excluding carboxylic acids is 1. The highest BCUT2D eigenvalue weighted by Crippen LogP contribution is 2.28. The van der Waals surface area contributed by atoms with Crippen molar-refractivity contribution in [3.05, 3.63) is 58.7 Å². The van der Waals surface area contributed by atoms with Crippen LogP contribution in [0.15, 0.2) is 41.6 Å². The van der Waals surface area contributed by atoms with Crippen LogP contribution in [0.5, 0.6) is 11.5 Å². The van der Waals surface area contributed by atoms with Gasteiger partial charge in [0.15, 0.2) is 5.71 Å². The van der Waals surface area contributed by atoms with Gasteiger partial charge in [-0.3, -0.25) is 4.79 Å². The second-order valence-electron chi connectivity index (χ2n) is 5.59. The van der Waals surface area contributed by atoms with E-state index < -0.39 is 11.9 Å². The van der Waals surface area contributed by atoms with E-state index in [2.05, 4.69) is 10.5 Å². The predicted octanol–water partition coefficient (Wildman–Crippen LogP) is 2.07. The maximum Gasteiger partial charge on any atom is 0.339 e. The van der Waals surface area contributed by atoms with Crippen LogP contribution < -0.4 is 10.1 Å². The number of phenols is 1. The molecule has 3 N–H and O–H groups in total. The van der Waals surface area contributed by atoms with E-state index in [9.17, 15) is 14.7 Å². The minimum atomic E-state index is -1.26. The van der Waals surface area contributed by atoms with Gasteiger partial charge in [0.05, 0.1) is 0 Å². The number of rotatable bonds is 7. The van der Waals surface area contributed by atoms with Gasteiger partial charge < -0.3 is 25.1 Å². The number of nitrogens with one attached hydrogen (secondary N) is 1. The molecular weight excluding hydrogens is 352 g/mol. The van der Waals surface area contributed by atoms with Gasteiger partial charge >= 0.3 is 5.97 Å². The number of aromatic hydroxyl groups is 1. The van der Waals surface area contributed by atoms with Crippen molar-refractivity contribution in [3.8, 4) is 11.5 Å². The molecule has 0 aliphatic heterocycles. The lowest BCUT2D eigenvalue weighted by Gasteiger charge is -2.14. The van der Waals surface area contributed by atoms with Crippen molar-refractivity contribution in [1.82, 2.24) is 5.32 Å². The Hall–Kier alpha value is -3.55. The number of carboxylic acid groups (broad SMARTS) is 1. The minimum absolute atomic E-state index is 0.0561. The van der Waals surface area contributed by atoms with Gasteiger partial charge in [0, 0.05) is 12.6 Å². The monoisotopic (exact) mass is 372 g/mol. The van der Waals surface area contributed by atoms with Gasteiger partial charge in [-0.15, -0.1) is 0 Å². The lowest BCUT2D eigenvalue weighted by molar-refractivity contribution is -0.114. The average molecular weight is 372 g/mol. The van der Waals surface area contributed by atoms with Crippen LogP contribution in [0.2, 0.25) is 0 Å². The van der Waals surface area contributed by atoms with Crippen molar-refractivity contribution < 1.29 is 29.4 Å². The lowest BCUT2D eigenvalue weighted by Crippen LogP contribution is -2.29. The van der Waals surface area contributed by atoms with Gasteiger partial charge in [0.2, 0.25) is 0 Å². The van der Waals surface area contributed by atoms with Gasteiger partial charge in [0.25, 0.3) is 5.91 Å². The minimum Gasteiger partial charge on any atom is -0.507 e. The number of oxime groups is 1. The summed E-state index contributed by atoms with van der Waals surface area (Å²) in [5.41, 5.74) is 1.59. The molecule has 2 aromatic carbocycles. The number of nitrogens with zero attached hydrogens (tertiary/aromatic N) is 1. The zero-order valence-corrected chi connectivity index (χ0v) is 15.1. The zero-order chi connectivity index (χ0) is 20.0. The molecule has 0 atom stereocenters. The van der Waals surface area contributed by atoms with Crippen LogP contribution >= 0.6 is 0 Å². The number of benzene rings is 2. The smallest absolute Gasteiger partial charge is 0.339 e. The quantitative estimate of drug-likeness (QED) is 0.506. The second-order valence-corrected chi connectivity index (χ2v) is 5.59. The summed E-state index contributed by atoms with van der Waals surface area (Å²) in [7, 11) is 2.83. The maximum absolute atomic E-state index is 12.1. The van der Waals surface area contributed by atoms with Crippen LogP contribution in [0.4, 0.5) is 0 Å². The van der Waals surface area contributed by atoms with Crippen molar-refractivity contribution in [3.63, 3.8) is 0 Å². The average Bonchev–Trinajstić information content (AvgIpc) is 2.65. The maximum atomic E-state index is 12.1. The first kappa shape index (κ1) is 19.8. The normalized spacial score (nSPS) is 11.0. The topological polar surface area (TPSA) is 117 Å². The lowest BCUT2D eigenvalue weighted by atomic mass is 10.0. The van der Waals surface area contributed by atoms with E-state index >= 15 is 0 Å². The number of aromatic carboxylic acids is 1. The van der Waals surface area contributed by atoms with Gasteiger partial charge in [-0.05, 0) is 30.2 Å². The fourth-order valence-corrected chi connectivity index (χ4v) is 2.45. The molecule has 2 rings (SSSR count). The summed E-state index contributed by atoms with van der Waals surface area (Å²) in [6.07, 6.45) is 0. The number of hydrogen-bond acceptors (Lipinski definition) is 6. The Labute approximate surface area is 156 Å². The molecule has 0 saturated carbocycles. The van der Waals surface area contributed by atoms with Crippen LogP contribution in [-0.2, 0) is 16.2 Å². The number of hydrogen-bond donors (Lipinski definition) is 3. The van der Waals surface area contributed by atoms with Crippen molar-refractivity contribution in [2.24, 2.45) is 5.16 Å². The molecule has 0 aromatic heterocycles. The van der Waals surface area contributed by atoms with Crippen molar-refractivity contribution in [2.45, 2.75) is 13.5 Å². The molecule has 27 heavy (non-hydrogen) atoms. The molecule has 0 radical (unpaired) electrons. The van der Waals surface area contributed by atoms with Crippen LogP contribution in [0, 0.1) is 6.92 Å². The Morgan fingerprint density at radius 2 is 1.89 bits per heavy atom. The van der Waals surface area contributed by atoms with Gasteiger partial charge in [-0.25, -0.2) is 4.79 Å². The third-order valence-corrected chi connectivity index (χ3v) is 3.80. The van der Waals surface area contributed by atoms with Crippen molar-refractivity contribution in [2.75, 3.05) is 14.2 Å². The van der Waals surface area contributed by atoms with E-state index in [1.54, 1.807) is 31.2 Å². The predicted molar refractivity (Wildman–Crippen MR) is 98.2 cm³/mol. The highest BCUT2D eigenvalue weighted by molar-refractivity contribution is 6.45. The van der Waals surface area contributed by atoms with Gasteiger partial charge in [-0.2, -0.15) is 0 Å². The summed E-state index contributed by atoms with van der Waals surface area (Å²) in [6.45, 7) is 1.75. The molecule has 1 amide bonds. The van der Waals surface area contributed by atoms with Crippen LogP contribution in [0.1, 0.15) is 27.0 Å². The summed E-state index contributed by atoms with van der Waals surface area (Å²) in [5.74, 6) is -1.70. The number of carbonyl (C=O) groups is 2. The van der Waals surface area contributed by atoms with Crippen molar-refractivity contribution >= 4 is 17.6 Å². The van der Waals surface area contributed by atoms with E-state index in [0.29, 0.717) is 22.4 Å². The standard InChI is InChI=1S/C19H20N2O6/c1-11-8-15(22)14(19(24)25)9-16(11)27-10-12-6-4-5-7-13(12)17(21-26-3)18(23)20-2/h4-9,22H,10H2,1-3H3,(H,20,23)(H,24,25)/b21-17+. The molecule has 0 aliphatic carbocycles. The van der Waals surface area contributed by atoms with Crippen LogP contribution in [0.25, 0.3) is 0 Å². The third-order valence-electron chi connectivity index (χ3n) is 3.80. The number of aryl methyl sites for hydroxylation is 1. The Balaban J connectivity index is 2.35. The highest BCUT2D eigenvalue weighted by Gasteiger charge is 2.18. The number of amides is 1. The molecule has 2 aromatic rings. The largest absolute Gasteiger partial charge is 0.507 e. The summed E-state index contributed by atoms with van der Waals surface area (Å²) in [5, 5.41) is 25.2. The number of ether oxygens (including phenoxy) is 1. The Kier molecular flexibility index (Phi) is 6.37. The molecule has 8 nitrogen and oxygen atoms in total. The zero-order valence-electron chi connectivity index (χ0n) is 15.1. The summed E-state index contributed by atoms with van der Waals surface area (Å²) in [4.78, 5) is 28.0. The molecule has 0 saturated heterocycles. The van der Waals surface area contributed by atoms with E-state index in [1.165, 1.54) is 26.3 Å². The highest BCUT2D eigenvalue weighted by atomic mass is 16.6. The van der Waals surface area contributed by atoms with E-state index in [1.807, 2.05) is 0 Å². The first-order chi connectivity index (χ1) is 12.9. The number of likely N-dealkylation sites (N-methyl/N-ethyl adjacent to an activating group) is 1. The van der Waals surface area contributed by atoms with Crippen molar-refractivity contribution in [1.29, 1.82) is 0 Å². The molecule has 142 valence electrons. The Bertz CT molecular complexity index is 892. The third kappa shape index (κ3) is 4.55. The first-order valence-corrected chi connectivity index (χ1v) is 8.00. The molecule has 0 heterocycles. The Morgan fingerprint density at radius 1 is 1.19 bits per heavy atom. The SMILES string of the molecule is CNC(=O)/C(=N/OC)c1ccccc1COc1cc(C(=O)O)c(O)cc1C. The van der Waals surface area contributed by atoms with Gasteiger partial charge in [0.1, 0.15) is 30.8 Å². The Morgan fingerprint density at radius 3 is 2.52 bits per heavy atom. The van der Waals surface area contributed by atoms with E-state index in [4.69, 9.17) is 14.7 Å². The molecule has 8 heteroatoms. The van der Waals surface area contributed by atoms with Crippen LogP contribution in [0.3, 0.4) is 0 Å². The fourth-order valence-electron chi connectivity index (χ4n) is 2.45. The molecular formula is C19H20N2O6. The molecule has 0 unspecified atom stereocenters.